The summed E-state index contributed by atoms with van der Waals surface area (Å²) >= 11 is 0. The van der Waals surface area contributed by atoms with E-state index in [1.807, 2.05) is 35.8 Å². The second-order valence-electron chi connectivity index (χ2n) is 4.82. The number of nitrogens with zero attached hydrogens (tertiary/aromatic N) is 3. The Morgan fingerprint density at radius 1 is 1.21 bits per heavy atom. The molecule has 0 aliphatic carbocycles. The summed E-state index contributed by atoms with van der Waals surface area (Å²) in [6.07, 6.45) is 2.92. The molecular weight excluding hydrogens is 238 g/mol. The molecule has 3 heterocycles. The lowest BCUT2D eigenvalue weighted by molar-refractivity contribution is 0.357. The first-order valence-corrected chi connectivity index (χ1v) is 6.39. The van der Waals surface area contributed by atoms with Crippen molar-refractivity contribution in [2.24, 2.45) is 0 Å². The Kier molecular flexibility index (Phi) is 2.12. The predicted octanol–water partition coefficient (Wildman–Crippen LogP) is 2.64. The molecule has 0 saturated carbocycles. The van der Waals surface area contributed by atoms with Crippen LogP contribution in [0.2, 0.25) is 0 Å². The zero-order chi connectivity index (χ0) is 12.8. The Balaban J connectivity index is 1.85. The van der Waals surface area contributed by atoms with Gasteiger partial charge in [0.05, 0.1) is 24.2 Å². The highest BCUT2D eigenvalue weighted by Crippen LogP contribution is 2.29. The smallest absolute Gasteiger partial charge is 0.153 e. The van der Waals surface area contributed by atoms with E-state index in [4.69, 9.17) is 4.74 Å². The number of aryl methyl sites for hydroxylation is 1. The van der Waals surface area contributed by atoms with E-state index in [0.29, 0.717) is 0 Å². The molecule has 19 heavy (non-hydrogen) atoms. The first-order chi connectivity index (χ1) is 9.29. The van der Waals surface area contributed by atoms with Gasteiger partial charge in [0.1, 0.15) is 5.75 Å². The van der Waals surface area contributed by atoms with Gasteiger partial charge in [-0.2, -0.15) is 5.10 Å². The molecule has 4 heteroatoms. The van der Waals surface area contributed by atoms with Gasteiger partial charge in [-0.1, -0.05) is 0 Å². The predicted molar refractivity (Wildman–Crippen MR) is 72.4 cm³/mol. The summed E-state index contributed by atoms with van der Waals surface area (Å²) in [4.78, 5) is 4.39. The van der Waals surface area contributed by atoms with Gasteiger partial charge >= 0.3 is 0 Å². The van der Waals surface area contributed by atoms with Gasteiger partial charge in [0.25, 0.3) is 0 Å². The van der Waals surface area contributed by atoms with Crippen LogP contribution in [0.15, 0.2) is 36.5 Å². The topological polar surface area (TPSA) is 39.4 Å². The van der Waals surface area contributed by atoms with Gasteiger partial charge in [-0.25, -0.2) is 9.50 Å². The van der Waals surface area contributed by atoms with Crippen molar-refractivity contribution in [3.05, 3.63) is 47.8 Å². The molecule has 4 rings (SSSR count). The Hall–Kier alpha value is -2.36. The molecular formula is C15H13N3O. The van der Waals surface area contributed by atoms with Crippen LogP contribution in [0.5, 0.6) is 5.75 Å². The average molecular weight is 251 g/mol. The minimum Gasteiger partial charge on any atom is -0.493 e. The van der Waals surface area contributed by atoms with Crippen LogP contribution in [0.3, 0.4) is 0 Å². The van der Waals surface area contributed by atoms with E-state index < -0.39 is 0 Å². The van der Waals surface area contributed by atoms with Gasteiger partial charge in [0.15, 0.2) is 5.65 Å². The van der Waals surface area contributed by atoms with E-state index in [1.165, 1.54) is 5.56 Å². The van der Waals surface area contributed by atoms with E-state index in [0.717, 1.165) is 41.4 Å². The Bertz CT molecular complexity index is 776. The second-order valence-corrected chi connectivity index (χ2v) is 4.82. The van der Waals surface area contributed by atoms with Crippen molar-refractivity contribution in [2.75, 3.05) is 6.61 Å². The molecule has 0 radical (unpaired) electrons. The third-order valence-electron chi connectivity index (χ3n) is 3.43. The van der Waals surface area contributed by atoms with Crippen molar-refractivity contribution >= 4 is 5.65 Å². The fourth-order valence-corrected chi connectivity index (χ4v) is 2.50. The maximum Gasteiger partial charge on any atom is 0.153 e. The molecule has 1 aliphatic rings. The summed E-state index contributed by atoms with van der Waals surface area (Å²) in [7, 11) is 0. The molecule has 0 bridgehead atoms. The molecule has 1 aromatic carbocycles. The van der Waals surface area contributed by atoms with Crippen molar-refractivity contribution in [3.8, 4) is 17.0 Å². The summed E-state index contributed by atoms with van der Waals surface area (Å²) in [5.41, 5.74) is 5.20. The minimum atomic E-state index is 0.784. The van der Waals surface area contributed by atoms with E-state index in [-0.39, 0.29) is 0 Å². The number of hydrogen-bond acceptors (Lipinski definition) is 3. The lowest BCUT2D eigenvalue weighted by atomic mass is 10.1. The average Bonchev–Trinajstić information content (AvgIpc) is 3.01. The molecule has 0 N–H and O–H groups in total. The zero-order valence-electron chi connectivity index (χ0n) is 10.6. The normalized spacial score (nSPS) is 13.5. The van der Waals surface area contributed by atoms with Crippen LogP contribution < -0.4 is 4.74 Å². The maximum absolute atomic E-state index is 5.53. The maximum atomic E-state index is 5.53. The largest absolute Gasteiger partial charge is 0.493 e. The molecule has 0 spiro atoms. The number of imidazole rings is 1. The van der Waals surface area contributed by atoms with Crippen molar-refractivity contribution in [2.45, 2.75) is 13.3 Å². The standard InChI is InChI=1S/C15H13N3O/c1-10-9-18-15(16-10)5-3-13(17-18)11-2-4-14-12(8-11)6-7-19-14/h2-5,8-9H,6-7H2,1H3. The van der Waals surface area contributed by atoms with Gasteiger partial charge in [-0.15, -0.1) is 0 Å². The van der Waals surface area contributed by atoms with E-state index in [9.17, 15) is 0 Å². The van der Waals surface area contributed by atoms with E-state index in [1.54, 1.807) is 0 Å². The summed E-state index contributed by atoms with van der Waals surface area (Å²) in [6, 6.07) is 10.3. The van der Waals surface area contributed by atoms with Crippen LogP contribution in [-0.2, 0) is 6.42 Å². The Morgan fingerprint density at radius 3 is 3.11 bits per heavy atom. The fourth-order valence-electron chi connectivity index (χ4n) is 2.50. The van der Waals surface area contributed by atoms with Crippen molar-refractivity contribution in [1.29, 1.82) is 0 Å². The summed E-state index contributed by atoms with van der Waals surface area (Å²) in [6.45, 7) is 2.76. The summed E-state index contributed by atoms with van der Waals surface area (Å²) in [5.74, 6) is 1.00. The van der Waals surface area contributed by atoms with Gasteiger partial charge in [-0.3, -0.25) is 0 Å². The fraction of sp³-hybridized carbons (Fsp3) is 0.200. The third kappa shape index (κ3) is 1.68. The number of benzene rings is 1. The monoisotopic (exact) mass is 251 g/mol. The lowest BCUT2D eigenvalue weighted by Gasteiger charge is -2.04. The van der Waals surface area contributed by atoms with Crippen LogP contribution in [0.1, 0.15) is 11.3 Å². The van der Waals surface area contributed by atoms with Crippen LogP contribution in [-0.4, -0.2) is 21.2 Å². The summed E-state index contributed by atoms with van der Waals surface area (Å²) in [5, 5.41) is 4.61. The Morgan fingerprint density at radius 2 is 2.16 bits per heavy atom. The highest BCUT2D eigenvalue weighted by Gasteiger charge is 2.13. The third-order valence-corrected chi connectivity index (χ3v) is 3.43. The van der Waals surface area contributed by atoms with Crippen molar-refractivity contribution in [1.82, 2.24) is 14.6 Å². The van der Waals surface area contributed by atoms with Crippen LogP contribution >= 0.6 is 0 Å². The molecule has 0 saturated heterocycles. The van der Waals surface area contributed by atoms with Crippen LogP contribution in [0.25, 0.3) is 16.9 Å². The molecule has 2 aromatic heterocycles. The number of rotatable bonds is 1. The SMILES string of the molecule is Cc1cn2nc(-c3ccc4c(c3)CCO4)ccc2n1. The Labute approximate surface area is 110 Å². The lowest BCUT2D eigenvalue weighted by Crippen LogP contribution is -1.93. The summed E-state index contributed by atoms with van der Waals surface area (Å²) < 4.78 is 7.36. The van der Waals surface area contributed by atoms with Crippen molar-refractivity contribution in [3.63, 3.8) is 0 Å². The molecule has 94 valence electrons. The quantitative estimate of drug-likeness (QED) is 0.667. The molecule has 3 aromatic rings. The van der Waals surface area contributed by atoms with Crippen LogP contribution in [0.4, 0.5) is 0 Å². The van der Waals surface area contributed by atoms with Gasteiger partial charge in [0, 0.05) is 12.0 Å². The number of aromatic nitrogens is 3. The van der Waals surface area contributed by atoms with Gasteiger partial charge < -0.3 is 4.74 Å². The highest BCUT2D eigenvalue weighted by atomic mass is 16.5. The number of ether oxygens (including phenoxy) is 1. The zero-order valence-corrected chi connectivity index (χ0v) is 10.6. The minimum absolute atomic E-state index is 0.784. The van der Waals surface area contributed by atoms with E-state index in [2.05, 4.69) is 22.2 Å². The van der Waals surface area contributed by atoms with Crippen LogP contribution in [0, 0.1) is 6.92 Å². The molecule has 0 atom stereocenters. The first-order valence-electron chi connectivity index (χ1n) is 6.39. The first kappa shape index (κ1) is 10.6. The molecule has 1 aliphatic heterocycles. The van der Waals surface area contributed by atoms with E-state index >= 15 is 0 Å². The van der Waals surface area contributed by atoms with Gasteiger partial charge in [0.2, 0.25) is 0 Å². The number of fused-ring (bicyclic) bond motifs is 2. The molecule has 0 unspecified atom stereocenters. The second kappa shape index (κ2) is 3.82. The molecule has 0 amide bonds. The van der Waals surface area contributed by atoms with Gasteiger partial charge in [-0.05, 0) is 42.8 Å². The highest BCUT2D eigenvalue weighted by molar-refractivity contribution is 5.63. The molecule has 0 fully saturated rings. The molecule has 4 nitrogen and oxygen atoms in total. The van der Waals surface area contributed by atoms with Crippen molar-refractivity contribution < 1.29 is 4.74 Å². The number of hydrogen-bond donors (Lipinski definition) is 0.